The molecule has 2 aliphatic rings. The topological polar surface area (TPSA) is 85.5 Å². The number of methoxy groups -OCH3 is 1. The highest BCUT2D eigenvalue weighted by atomic mass is 16.5. The van der Waals surface area contributed by atoms with Crippen LogP contribution in [0, 0.1) is 0 Å². The number of urea groups is 1. The van der Waals surface area contributed by atoms with Crippen LogP contribution in [0.5, 0.6) is 5.75 Å². The molecule has 0 aliphatic carbocycles. The Morgan fingerprint density at radius 3 is 2.68 bits per heavy atom. The van der Waals surface area contributed by atoms with Crippen LogP contribution in [0.3, 0.4) is 0 Å². The molecule has 4 N–H and O–H groups in total. The molecule has 8 heteroatoms. The van der Waals surface area contributed by atoms with Crippen molar-refractivity contribution in [3.63, 3.8) is 0 Å². The number of nitrogens with one attached hydrogen (secondary N) is 4. The molecule has 1 saturated heterocycles. The standard InChI is InChI=1S/C20H28N4O4/c1-4-28-19(25)17-16(13-24-10-8-23(2)9-11-24)21-20(26)22-18(17)14-6-5-7-15(12-14)27-3/h5-7,12,18H,4,8-11,13H2,1-3H3,(H2,21,22,26)/p+2/t18-/m1/s1. The summed E-state index contributed by atoms with van der Waals surface area (Å²) in [6, 6.07) is 6.50. The number of piperazine rings is 1. The van der Waals surface area contributed by atoms with Crippen LogP contribution >= 0.6 is 0 Å². The Morgan fingerprint density at radius 2 is 2.00 bits per heavy atom. The number of hydrogen-bond donors (Lipinski definition) is 4. The van der Waals surface area contributed by atoms with E-state index >= 15 is 0 Å². The molecule has 1 fully saturated rings. The van der Waals surface area contributed by atoms with Gasteiger partial charge < -0.3 is 29.9 Å². The van der Waals surface area contributed by atoms with Crippen LogP contribution < -0.4 is 25.2 Å². The van der Waals surface area contributed by atoms with E-state index < -0.39 is 12.0 Å². The summed E-state index contributed by atoms with van der Waals surface area (Å²) < 4.78 is 10.6. The van der Waals surface area contributed by atoms with Gasteiger partial charge in [-0.2, -0.15) is 0 Å². The van der Waals surface area contributed by atoms with Crippen LogP contribution in [0.2, 0.25) is 0 Å². The van der Waals surface area contributed by atoms with Gasteiger partial charge in [0.1, 0.15) is 38.5 Å². The Morgan fingerprint density at radius 1 is 1.25 bits per heavy atom. The molecule has 0 spiro atoms. The number of benzene rings is 1. The summed E-state index contributed by atoms with van der Waals surface area (Å²) in [5.41, 5.74) is 1.89. The maximum Gasteiger partial charge on any atom is 0.338 e. The van der Waals surface area contributed by atoms with Gasteiger partial charge in [-0.15, -0.1) is 0 Å². The third-order valence-electron chi connectivity index (χ3n) is 5.31. The van der Waals surface area contributed by atoms with Crippen LogP contribution in [0.25, 0.3) is 0 Å². The molecule has 3 rings (SSSR count). The molecule has 0 bridgehead atoms. The van der Waals surface area contributed by atoms with Crippen molar-refractivity contribution in [1.82, 2.24) is 10.6 Å². The molecule has 0 saturated carbocycles. The molecule has 8 nitrogen and oxygen atoms in total. The third kappa shape index (κ3) is 4.63. The van der Waals surface area contributed by atoms with Crippen LogP contribution in [-0.4, -0.2) is 65.5 Å². The van der Waals surface area contributed by atoms with Crippen molar-refractivity contribution < 1.29 is 28.9 Å². The molecule has 2 heterocycles. The molecule has 152 valence electrons. The quantitative estimate of drug-likeness (QED) is 0.436. The minimum atomic E-state index is -0.574. The highest BCUT2D eigenvalue weighted by Gasteiger charge is 2.36. The number of rotatable bonds is 6. The predicted octanol–water partition coefficient (Wildman–Crippen LogP) is -1.72. The van der Waals surface area contributed by atoms with E-state index in [-0.39, 0.29) is 12.6 Å². The summed E-state index contributed by atoms with van der Waals surface area (Å²) in [7, 11) is 3.78. The number of carbonyl (C=O) groups excluding carboxylic acids is 2. The number of quaternary nitrogens is 2. The lowest BCUT2D eigenvalue weighted by molar-refractivity contribution is -1.00. The van der Waals surface area contributed by atoms with Crippen molar-refractivity contribution in [2.45, 2.75) is 13.0 Å². The van der Waals surface area contributed by atoms with Crippen molar-refractivity contribution in [3.05, 3.63) is 41.1 Å². The maximum atomic E-state index is 12.8. The molecule has 0 aromatic heterocycles. The molecule has 1 atom stereocenters. The zero-order valence-corrected chi connectivity index (χ0v) is 16.8. The number of amides is 2. The predicted molar refractivity (Wildman–Crippen MR) is 103 cm³/mol. The molecule has 2 amide bonds. The summed E-state index contributed by atoms with van der Waals surface area (Å²) in [5, 5.41) is 5.73. The second-order valence-corrected chi connectivity index (χ2v) is 7.30. The second kappa shape index (κ2) is 9.07. The Bertz CT molecular complexity index is 756. The highest BCUT2D eigenvalue weighted by molar-refractivity contribution is 5.95. The van der Waals surface area contributed by atoms with Crippen molar-refractivity contribution >= 4 is 12.0 Å². The van der Waals surface area contributed by atoms with E-state index in [0.29, 0.717) is 23.6 Å². The molecule has 1 aromatic carbocycles. The summed E-state index contributed by atoms with van der Waals surface area (Å²) in [5.74, 6) is 0.264. The number of likely N-dealkylation sites (N-methyl/N-ethyl adjacent to an activating group) is 1. The van der Waals surface area contributed by atoms with Gasteiger partial charge in [-0.25, -0.2) is 9.59 Å². The first-order chi connectivity index (χ1) is 13.5. The molecular weight excluding hydrogens is 360 g/mol. The average Bonchev–Trinajstić information content (AvgIpc) is 2.69. The van der Waals surface area contributed by atoms with Gasteiger partial charge in [-0.1, -0.05) is 12.1 Å². The monoisotopic (exact) mass is 390 g/mol. The van der Waals surface area contributed by atoms with Crippen molar-refractivity contribution in [1.29, 1.82) is 0 Å². The third-order valence-corrected chi connectivity index (χ3v) is 5.31. The summed E-state index contributed by atoms with van der Waals surface area (Å²) in [4.78, 5) is 28.1. The Kier molecular flexibility index (Phi) is 6.53. The lowest BCUT2D eigenvalue weighted by Gasteiger charge is -2.32. The van der Waals surface area contributed by atoms with E-state index in [2.05, 4.69) is 17.7 Å². The second-order valence-electron chi connectivity index (χ2n) is 7.30. The molecular formula is C20H30N4O4+2. The first-order valence-corrected chi connectivity index (χ1v) is 9.78. The number of carbonyl (C=O) groups is 2. The van der Waals surface area contributed by atoms with E-state index in [1.54, 1.807) is 14.0 Å². The smallest absolute Gasteiger partial charge is 0.338 e. The summed E-state index contributed by atoms with van der Waals surface area (Å²) >= 11 is 0. The summed E-state index contributed by atoms with van der Waals surface area (Å²) in [6.07, 6.45) is 0. The van der Waals surface area contributed by atoms with Crippen molar-refractivity contribution in [2.75, 3.05) is 53.5 Å². The average molecular weight is 390 g/mol. The van der Waals surface area contributed by atoms with Gasteiger partial charge >= 0.3 is 12.0 Å². The lowest BCUT2D eigenvalue weighted by atomic mass is 9.94. The van der Waals surface area contributed by atoms with E-state index in [1.807, 2.05) is 24.3 Å². The SMILES string of the molecule is CCOC(=O)C1=C(C[NH+]2CC[NH+](C)CC2)NC(=O)N[C@@H]1c1cccc(OC)c1. The first-order valence-electron chi connectivity index (χ1n) is 9.78. The minimum Gasteiger partial charge on any atom is -0.497 e. The van der Waals surface area contributed by atoms with Crippen molar-refractivity contribution in [3.8, 4) is 5.75 Å². The molecule has 1 aromatic rings. The van der Waals surface area contributed by atoms with Gasteiger partial charge in [0.05, 0.1) is 38.1 Å². The van der Waals surface area contributed by atoms with Crippen LogP contribution in [0.15, 0.2) is 35.5 Å². The number of esters is 1. The largest absolute Gasteiger partial charge is 0.497 e. The lowest BCUT2D eigenvalue weighted by Crippen LogP contribution is -3.27. The van der Waals surface area contributed by atoms with Crippen LogP contribution in [0.4, 0.5) is 4.79 Å². The normalized spacial score (nSPS) is 25.0. The van der Waals surface area contributed by atoms with E-state index in [4.69, 9.17) is 9.47 Å². The highest BCUT2D eigenvalue weighted by Crippen LogP contribution is 2.29. The Hall–Kier alpha value is -2.58. The molecule has 0 unspecified atom stereocenters. The summed E-state index contributed by atoms with van der Waals surface area (Å²) in [6.45, 7) is 6.79. The van der Waals surface area contributed by atoms with Gasteiger partial charge in [-0.3, -0.25) is 0 Å². The zero-order valence-electron chi connectivity index (χ0n) is 16.8. The molecule has 28 heavy (non-hydrogen) atoms. The van der Waals surface area contributed by atoms with Gasteiger partial charge in [0.2, 0.25) is 0 Å². The Labute approximate surface area is 165 Å². The van der Waals surface area contributed by atoms with E-state index in [9.17, 15) is 9.59 Å². The zero-order chi connectivity index (χ0) is 20.1. The van der Waals surface area contributed by atoms with E-state index in [1.165, 1.54) is 9.80 Å². The van der Waals surface area contributed by atoms with Crippen molar-refractivity contribution in [2.24, 2.45) is 0 Å². The maximum absolute atomic E-state index is 12.8. The van der Waals surface area contributed by atoms with Gasteiger partial charge in [-0.05, 0) is 24.6 Å². The Balaban J connectivity index is 1.96. The van der Waals surface area contributed by atoms with Crippen LogP contribution in [0.1, 0.15) is 18.5 Å². The van der Waals surface area contributed by atoms with Gasteiger partial charge in [0.15, 0.2) is 0 Å². The molecule has 0 radical (unpaired) electrons. The van der Waals surface area contributed by atoms with E-state index in [0.717, 1.165) is 31.7 Å². The van der Waals surface area contributed by atoms with Gasteiger partial charge in [0, 0.05) is 0 Å². The fourth-order valence-corrected chi connectivity index (χ4v) is 3.74. The molecule has 2 aliphatic heterocycles. The fourth-order valence-electron chi connectivity index (χ4n) is 3.74. The number of ether oxygens (including phenoxy) is 2. The minimum absolute atomic E-state index is 0.277. The van der Waals surface area contributed by atoms with Gasteiger partial charge in [0.25, 0.3) is 0 Å². The van der Waals surface area contributed by atoms with Crippen LogP contribution in [-0.2, 0) is 9.53 Å². The fraction of sp³-hybridized carbons (Fsp3) is 0.500. The number of hydrogen-bond acceptors (Lipinski definition) is 4. The first kappa shape index (κ1) is 20.2.